The first-order valence-electron chi connectivity index (χ1n) is 9.50. The summed E-state index contributed by atoms with van der Waals surface area (Å²) >= 11 is 0. The Bertz CT molecular complexity index is 1060. The van der Waals surface area contributed by atoms with E-state index >= 15 is 0 Å². The maximum absolute atomic E-state index is 13.8. The number of nitrogens with one attached hydrogen (secondary N) is 2. The second kappa shape index (κ2) is 8.14. The molecule has 0 amide bonds. The van der Waals surface area contributed by atoms with E-state index in [0.29, 0.717) is 0 Å². The Morgan fingerprint density at radius 3 is 1.41 bits per heavy atom. The second-order valence-electron chi connectivity index (χ2n) is 7.39. The molecule has 4 rings (SSSR count). The van der Waals surface area contributed by atoms with E-state index in [1.165, 1.54) is 11.1 Å². The summed E-state index contributed by atoms with van der Waals surface area (Å²) in [6.07, 6.45) is 7.69. The van der Waals surface area contributed by atoms with Gasteiger partial charge in [-0.1, -0.05) is 24.3 Å². The van der Waals surface area contributed by atoms with Crippen LogP contribution in [-0.2, 0) is 0 Å². The Hall–Kier alpha value is -3.04. The Morgan fingerprint density at radius 1 is 0.655 bits per heavy atom. The number of carbonyl (C=O) groups excluding carboxylic acids is 1. The Kier molecular flexibility index (Phi) is 5.81. The van der Waals surface area contributed by atoms with Gasteiger partial charge < -0.3 is 9.97 Å². The molecule has 4 heteroatoms. The van der Waals surface area contributed by atoms with Gasteiger partial charge in [-0.05, 0) is 73.2 Å². The van der Waals surface area contributed by atoms with Gasteiger partial charge >= 0.3 is 0 Å². The highest BCUT2D eigenvalue weighted by Crippen LogP contribution is 2.35. The number of benzene rings is 2. The van der Waals surface area contributed by atoms with Crippen LogP contribution in [-0.4, -0.2) is 15.8 Å². The third kappa shape index (κ3) is 3.54. The third-order valence-electron chi connectivity index (χ3n) is 5.73. The molecule has 29 heavy (non-hydrogen) atoms. The van der Waals surface area contributed by atoms with Gasteiger partial charge in [-0.3, -0.25) is 4.79 Å². The lowest BCUT2D eigenvalue weighted by molar-refractivity contribution is 0.104. The minimum absolute atomic E-state index is 0. The fourth-order valence-electron chi connectivity index (χ4n) is 3.86. The van der Waals surface area contributed by atoms with Gasteiger partial charge in [-0.15, -0.1) is 12.4 Å². The van der Waals surface area contributed by atoms with Crippen molar-refractivity contribution in [3.05, 3.63) is 94.6 Å². The number of hydrogen-bond donors (Lipinski definition) is 2. The van der Waals surface area contributed by atoms with E-state index in [1.807, 2.05) is 61.2 Å². The van der Waals surface area contributed by atoms with Crippen LogP contribution in [0, 0.1) is 27.7 Å². The molecular weight excluding hydrogens is 380 g/mol. The van der Waals surface area contributed by atoms with E-state index in [0.717, 1.165) is 44.5 Å². The van der Waals surface area contributed by atoms with Crippen molar-refractivity contribution in [2.75, 3.05) is 0 Å². The third-order valence-corrected chi connectivity index (χ3v) is 5.73. The van der Waals surface area contributed by atoms with Crippen molar-refractivity contribution in [3.8, 4) is 22.3 Å². The van der Waals surface area contributed by atoms with Crippen LogP contribution in [0.2, 0.25) is 0 Å². The number of aromatic nitrogens is 2. The van der Waals surface area contributed by atoms with Crippen LogP contribution in [0.1, 0.15) is 38.2 Å². The molecule has 0 fully saturated rings. The van der Waals surface area contributed by atoms with E-state index in [2.05, 4.69) is 37.7 Å². The topological polar surface area (TPSA) is 48.6 Å². The first-order valence-corrected chi connectivity index (χ1v) is 9.50. The maximum Gasteiger partial charge on any atom is 0.194 e. The summed E-state index contributed by atoms with van der Waals surface area (Å²) in [5.41, 5.74) is 10.2. The van der Waals surface area contributed by atoms with Crippen molar-refractivity contribution in [2.24, 2.45) is 0 Å². The van der Waals surface area contributed by atoms with Crippen molar-refractivity contribution in [1.29, 1.82) is 0 Å². The van der Waals surface area contributed by atoms with Gasteiger partial charge in [0.2, 0.25) is 0 Å². The van der Waals surface area contributed by atoms with E-state index in [1.54, 1.807) is 0 Å². The molecule has 148 valence electrons. The van der Waals surface area contributed by atoms with Crippen molar-refractivity contribution < 1.29 is 4.79 Å². The SMILES string of the molecule is Cc1ccc(C(=O)c2ccc(C)c(C)c2-c2cc[nH]c2)c(-c2cc[nH]c2)c1C.Cl. The van der Waals surface area contributed by atoms with Crippen molar-refractivity contribution in [1.82, 2.24) is 9.97 Å². The molecule has 2 aromatic heterocycles. The van der Waals surface area contributed by atoms with Crippen molar-refractivity contribution in [2.45, 2.75) is 27.7 Å². The summed E-state index contributed by atoms with van der Waals surface area (Å²) in [6.45, 7) is 8.34. The molecule has 2 aromatic carbocycles. The summed E-state index contributed by atoms with van der Waals surface area (Å²) in [4.78, 5) is 20.0. The largest absolute Gasteiger partial charge is 0.367 e. The summed E-state index contributed by atoms with van der Waals surface area (Å²) in [7, 11) is 0. The van der Waals surface area contributed by atoms with E-state index in [4.69, 9.17) is 0 Å². The van der Waals surface area contributed by atoms with Gasteiger partial charge in [-0.2, -0.15) is 0 Å². The van der Waals surface area contributed by atoms with E-state index < -0.39 is 0 Å². The average Bonchev–Trinajstić information content (AvgIpc) is 3.39. The Morgan fingerprint density at radius 2 is 1.07 bits per heavy atom. The number of ketones is 1. The highest BCUT2D eigenvalue weighted by Gasteiger charge is 2.22. The molecule has 2 N–H and O–H groups in total. The highest BCUT2D eigenvalue weighted by atomic mass is 35.5. The molecule has 0 atom stereocenters. The lowest BCUT2D eigenvalue weighted by Gasteiger charge is -2.17. The van der Waals surface area contributed by atoms with Crippen LogP contribution in [0.3, 0.4) is 0 Å². The fraction of sp³-hybridized carbons (Fsp3) is 0.160. The zero-order valence-electron chi connectivity index (χ0n) is 17.1. The molecule has 0 unspecified atom stereocenters. The van der Waals surface area contributed by atoms with Crippen LogP contribution in [0.15, 0.2) is 61.2 Å². The molecule has 0 saturated heterocycles. The van der Waals surface area contributed by atoms with Gasteiger partial charge in [-0.25, -0.2) is 0 Å². The van der Waals surface area contributed by atoms with Gasteiger partial charge in [0.25, 0.3) is 0 Å². The molecule has 0 spiro atoms. The lowest BCUT2D eigenvalue weighted by atomic mass is 9.85. The predicted molar refractivity (Wildman–Crippen MR) is 122 cm³/mol. The number of aryl methyl sites for hydroxylation is 2. The number of carbonyl (C=O) groups is 1. The molecule has 3 nitrogen and oxygen atoms in total. The van der Waals surface area contributed by atoms with Crippen LogP contribution < -0.4 is 0 Å². The average molecular weight is 405 g/mol. The normalized spacial score (nSPS) is 10.6. The van der Waals surface area contributed by atoms with Crippen LogP contribution in [0.4, 0.5) is 0 Å². The minimum atomic E-state index is 0. The highest BCUT2D eigenvalue weighted by molar-refractivity contribution is 6.16. The Balaban J connectivity index is 0.00000240. The van der Waals surface area contributed by atoms with Gasteiger partial charge in [0.05, 0.1) is 0 Å². The molecule has 0 saturated carbocycles. The first kappa shape index (κ1) is 20.7. The zero-order chi connectivity index (χ0) is 19.8. The summed E-state index contributed by atoms with van der Waals surface area (Å²) < 4.78 is 0. The van der Waals surface area contributed by atoms with E-state index in [9.17, 15) is 4.79 Å². The second-order valence-corrected chi connectivity index (χ2v) is 7.39. The molecule has 0 aliphatic carbocycles. The van der Waals surface area contributed by atoms with Crippen LogP contribution in [0.5, 0.6) is 0 Å². The lowest BCUT2D eigenvalue weighted by Crippen LogP contribution is -2.08. The van der Waals surface area contributed by atoms with Crippen LogP contribution in [0.25, 0.3) is 22.3 Å². The fourth-order valence-corrected chi connectivity index (χ4v) is 3.86. The molecule has 0 radical (unpaired) electrons. The number of aromatic amines is 2. The number of H-pyrrole nitrogens is 2. The quantitative estimate of drug-likeness (QED) is 0.371. The summed E-state index contributed by atoms with van der Waals surface area (Å²) in [5, 5.41) is 0. The molecule has 4 aromatic rings. The molecule has 0 bridgehead atoms. The Labute approximate surface area is 177 Å². The molecular formula is C25H25ClN2O. The molecule has 2 heterocycles. The number of halogens is 1. The predicted octanol–water partition coefficient (Wildman–Crippen LogP) is 6.56. The van der Waals surface area contributed by atoms with Gasteiger partial charge in [0, 0.05) is 47.0 Å². The smallest absolute Gasteiger partial charge is 0.194 e. The standard InChI is InChI=1S/C25H24N2O.ClH/c1-15-5-7-21(23(17(15)3)19-9-11-26-13-19)25(28)22-8-6-16(2)18(4)24(22)20-10-12-27-14-20;/h5-14,26-27H,1-4H3;1H. The van der Waals surface area contributed by atoms with Gasteiger partial charge in [0.15, 0.2) is 5.78 Å². The maximum atomic E-state index is 13.8. The molecule has 0 aliphatic rings. The molecule has 0 aliphatic heterocycles. The van der Waals surface area contributed by atoms with Gasteiger partial charge in [0.1, 0.15) is 0 Å². The minimum Gasteiger partial charge on any atom is -0.367 e. The number of hydrogen-bond acceptors (Lipinski definition) is 1. The number of rotatable bonds is 4. The first-order chi connectivity index (χ1) is 13.5. The summed E-state index contributed by atoms with van der Waals surface area (Å²) in [5.74, 6) is 0.0543. The van der Waals surface area contributed by atoms with Crippen LogP contribution >= 0.6 is 12.4 Å². The summed E-state index contributed by atoms with van der Waals surface area (Å²) in [6, 6.07) is 12.0. The monoisotopic (exact) mass is 404 g/mol. The van der Waals surface area contributed by atoms with E-state index in [-0.39, 0.29) is 18.2 Å². The zero-order valence-corrected chi connectivity index (χ0v) is 17.9. The van der Waals surface area contributed by atoms with Crippen molar-refractivity contribution in [3.63, 3.8) is 0 Å². The van der Waals surface area contributed by atoms with Crippen molar-refractivity contribution >= 4 is 18.2 Å².